The van der Waals surface area contributed by atoms with Gasteiger partial charge >= 0.3 is 0 Å². The van der Waals surface area contributed by atoms with E-state index in [1.807, 2.05) is 0 Å². The van der Waals surface area contributed by atoms with E-state index >= 15 is 0 Å². The first-order chi connectivity index (χ1) is 4.79. The Labute approximate surface area is 57.8 Å². The quantitative estimate of drug-likeness (QED) is 0.427. The highest BCUT2D eigenvalue weighted by Crippen LogP contribution is 1.95. The molecule has 0 aromatic heterocycles. The van der Waals surface area contributed by atoms with Gasteiger partial charge in [-0.1, -0.05) is 0 Å². The number of nitro groups is 1. The summed E-state index contributed by atoms with van der Waals surface area (Å²) in [7, 11) is 0. The molecule has 1 aliphatic rings. The van der Waals surface area contributed by atoms with Gasteiger partial charge in [-0.25, -0.2) is 0 Å². The monoisotopic (exact) mass is 144 g/mol. The molecule has 1 saturated heterocycles. The van der Waals surface area contributed by atoms with Gasteiger partial charge < -0.3 is 4.74 Å². The van der Waals surface area contributed by atoms with Crippen LogP contribution < -0.4 is 5.32 Å². The van der Waals surface area contributed by atoms with Gasteiger partial charge in [0.2, 0.25) is 6.20 Å². The predicted octanol–water partition coefficient (Wildman–Crippen LogP) is -0.277. The molecular weight excluding hydrogens is 136 g/mol. The average Bonchev–Trinajstić information content (AvgIpc) is 2.34. The smallest absolute Gasteiger partial charge is 0.234 e. The topological polar surface area (TPSA) is 64.4 Å². The van der Waals surface area contributed by atoms with Gasteiger partial charge in [-0.05, 0) is 0 Å². The lowest BCUT2D eigenvalue weighted by Crippen LogP contribution is -2.19. The minimum Gasteiger partial charge on any atom is -0.358 e. The highest BCUT2D eigenvalue weighted by atomic mass is 16.6. The molecule has 0 amide bonds. The summed E-state index contributed by atoms with van der Waals surface area (Å²) in [4.78, 5) is 9.28. The average molecular weight is 144 g/mol. The Hall–Kier alpha value is -0.940. The molecule has 0 bridgehead atoms. The van der Waals surface area contributed by atoms with Crippen LogP contribution in [-0.4, -0.2) is 24.3 Å². The number of rotatable bonds is 2. The minimum atomic E-state index is -0.511. The minimum absolute atomic E-state index is 0.273. The van der Waals surface area contributed by atoms with Gasteiger partial charge in [0.25, 0.3) is 0 Å². The van der Waals surface area contributed by atoms with Crippen molar-refractivity contribution < 1.29 is 9.66 Å². The van der Waals surface area contributed by atoms with Crippen molar-refractivity contribution in [2.45, 2.75) is 6.23 Å². The Morgan fingerprint density at radius 3 is 3.10 bits per heavy atom. The molecule has 0 saturated carbocycles. The zero-order valence-electron chi connectivity index (χ0n) is 5.32. The number of nitrogens with one attached hydrogen (secondary N) is 1. The fourth-order valence-electron chi connectivity index (χ4n) is 0.718. The second kappa shape index (κ2) is 3.28. The molecule has 0 radical (unpaired) electrons. The van der Waals surface area contributed by atoms with Gasteiger partial charge in [0.1, 0.15) is 6.23 Å². The van der Waals surface area contributed by atoms with Crippen molar-refractivity contribution in [1.82, 2.24) is 5.32 Å². The Morgan fingerprint density at radius 1 is 1.80 bits per heavy atom. The molecule has 1 rings (SSSR count). The highest BCUT2D eigenvalue weighted by Gasteiger charge is 2.10. The molecule has 5 nitrogen and oxygen atoms in total. The summed E-state index contributed by atoms with van der Waals surface area (Å²) in [5.41, 5.74) is 0. The Balaban J connectivity index is 2.29. The molecule has 0 aliphatic carbocycles. The van der Waals surface area contributed by atoms with Crippen LogP contribution in [0.15, 0.2) is 12.3 Å². The number of nitrogens with zero attached hydrogens (tertiary/aromatic N) is 1. The van der Waals surface area contributed by atoms with Crippen LogP contribution in [0.25, 0.3) is 0 Å². The first-order valence-corrected chi connectivity index (χ1v) is 2.96. The molecule has 56 valence electrons. The lowest BCUT2D eigenvalue weighted by molar-refractivity contribution is -0.403. The Kier molecular flexibility index (Phi) is 2.35. The third kappa shape index (κ3) is 2.12. The van der Waals surface area contributed by atoms with Gasteiger partial charge in [-0.15, -0.1) is 0 Å². The van der Waals surface area contributed by atoms with Crippen LogP contribution in [0, 0.1) is 10.1 Å². The van der Waals surface area contributed by atoms with E-state index in [9.17, 15) is 10.1 Å². The lowest BCUT2D eigenvalue weighted by atomic mass is 10.5. The van der Waals surface area contributed by atoms with E-state index in [0.29, 0.717) is 6.61 Å². The van der Waals surface area contributed by atoms with Crippen LogP contribution >= 0.6 is 0 Å². The van der Waals surface area contributed by atoms with E-state index in [1.54, 1.807) is 0 Å². The molecule has 10 heavy (non-hydrogen) atoms. The largest absolute Gasteiger partial charge is 0.358 e. The second-order valence-corrected chi connectivity index (χ2v) is 1.87. The molecule has 1 heterocycles. The van der Waals surface area contributed by atoms with E-state index in [2.05, 4.69) is 5.32 Å². The summed E-state index contributed by atoms with van der Waals surface area (Å²) < 4.78 is 5.00. The van der Waals surface area contributed by atoms with Crippen molar-refractivity contribution in [3.63, 3.8) is 0 Å². The van der Waals surface area contributed by atoms with Crippen LogP contribution in [0.3, 0.4) is 0 Å². The van der Waals surface area contributed by atoms with Crippen LogP contribution in [-0.2, 0) is 4.74 Å². The fourth-order valence-corrected chi connectivity index (χ4v) is 0.718. The van der Waals surface area contributed by atoms with Crippen molar-refractivity contribution in [2.75, 3.05) is 13.2 Å². The summed E-state index contributed by atoms with van der Waals surface area (Å²) in [6.07, 6.45) is 1.99. The van der Waals surface area contributed by atoms with Gasteiger partial charge in [0.15, 0.2) is 0 Å². The van der Waals surface area contributed by atoms with Gasteiger partial charge in [-0.2, -0.15) is 0 Å². The third-order valence-corrected chi connectivity index (χ3v) is 1.13. The molecule has 5 heteroatoms. The summed E-state index contributed by atoms with van der Waals surface area (Å²) in [5.74, 6) is 0. The zero-order valence-corrected chi connectivity index (χ0v) is 5.32. The second-order valence-electron chi connectivity index (χ2n) is 1.87. The van der Waals surface area contributed by atoms with Crippen molar-refractivity contribution in [3.05, 3.63) is 22.4 Å². The molecule has 1 fully saturated rings. The van der Waals surface area contributed by atoms with E-state index in [0.717, 1.165) is 12.7 Å². The molecule has 1 unspecified atom stereocenters. The van der Waals surface area contributed by atoms with Gasteiger partial charge in [0.05, 0.1) is 11.5 Å². The number of hydrogen-bond donors (Lipinski definition) is 1. The van der Waals surface area contributed by atoms with E-state index in [4.69, 9.17) is 4.74 Å². The molecule has 0 aromatic carbocycles. The van der Waals surface area contributed by atoms with E-state index < -0.39 is 4.92 Å². The molecule has 1 N–H and O–H groups in total. The number of hydrogen-bond acceptors (Lipinski definition) is 4. The summed E-state index contributed by atoms with van der Waals surface area (Å²) >= 11 is 0. The molecule has 1 atom stereocenters. The first-order valence-electron chi connectivity index (χ1n) is 2.96. The van der Waals surface area contributed by atoms with Crippen LogP contribution in [0.2, 0.25) is 0 Å². The fraction of sp³-hybridized carbons (Fsp3) is 0.600. The Morgan fingerprint density at radius 2 is 2.60 bits per heavy atom. The lowest BCUT2D eigenvalue weighted by Gasteiger charge is -1.98. The SMILES string of the molecule is O=[N+]([O-])/C=C/C1NCCO1. The molecular formula is C5H8N2O3. The van der Waals surface area contributed by atoms with Crippen molar-refractivity contribution in [3.8, 4) is 0 Å². The summed E-state index contributed by atoms with van der Waals surface area (Å²) in [5, 5.41) is 12.7. The van der Waals surface area contributed by atoms with E-state index in [-0.39, 0.29) is 6.23 Å². The standard InChI is InChI=1S/C5H8N2O3/c8-7(9)3-1-5-6-2-4-10-5/h1,3,5-6H,2,4H2/b3-1+. The Bertz CT molecular complexity index is 151. The third-order valence-electron chi connectivity index (χ3n) is 1.13. The molecule has 0 aromatic rings. The first kappa shape index (κ1) is 7.17. The predicted molar refractivity (Wildman–Crippen MR) is 33.9 cm³/mol. The van der Waals surface area contributed by atoms with E-state index in [1.165, 1.54) is 6.08 Å². The normalized spacial score (nSPS) is 25.8. The van der Waals surface area contributed by atoms with Crippen LogP contribution in [0.1, 0.15) is 0 Å². The van der Waals surface area contributed by atoms with Crippen molar-refractivity contribution >= 4 is 0 Å². The maximum absolute atomic E-state index is 9.79. The van der Waals surface area contributed by atoms with Crippen LogP contribution in [0.5, 0.6) is 0 Å². The van der Waals surface area contributed by atoms with Gasteiger partial charge in [-0.3, -0.25) is 15.4 Å². The zero-order chi connectivity index (χ0) is 7.40. The summed E-state index contributed by atoms with van der Waals surface area (Å²) in [6.45, 7) is 1.37. The summed E-state index contributed by atoms with van der Waals surface area (Å²) in [6, 6.07) is 0. The maximum Gasteiger partial charge on any atom is 0.234 e. The number of ether oxygens (including phenoxy) is 1. The highest BCUT2D eigenvalue weighted by molar-refractivity contribution is 4.84. The van der Waals surface area contributed by atoms with Crippen LogP contribution in [0.4, 0.5) is 0 Å². The van der Waals surface area contributed by atoms with Crippen molar-refractivity contribution in [1.29, 1.82) is 0 Å². The van der Waals surface area contributed by atoms with Gasteiger partial charge in [0, 0.05) is 12.6 Å². The maximum atomic E-state index is 9.79. The van der Waals surface area contributed by atoms with Crippen molar-refractivity contribution in [2.24, 2.45) is 0 Å². The molecule has 1 aliphatic heterocycles. The molecule has 0 spiro atoms.